The van der Waals surface area contributed by atoms with E-state index in [0.29, 0.717) is 17.6 Å². The number of H-pyrrole nitrogens is 1. The lowest BCUT2D eigenvalue weighted by Crippen LogP contribution is -2.39. The van der Waals surface area contributed by atoms with Gasteiger partial charge in [-0.3, -0.25) is 9.78 Å². The molecule has 1 amide bonds. The summed E-state index contributed by atoms with van der Waals surface area (Å²) in [6.45, 7) is 4.45. The summed E-state index contributed by atoms with van der Waals surface area (Å²) in [5, 5.41) is 6.10. The number of fused-ring (bicyclic) bond motifs is 1. The van der Waals surface area contributed by atoms with Gasteiger partial charge in [0.15, 0.2) is 5.58 Å². The molecular weight excluding hydrogens is 318 g/mol. The number of nitrogens with one attached hydrogen (secondary N) is 3. The summed E-state index contributed by atoms with van der Waals surface area (Å²) < 4.78 is 4.96. The topological polar surface area (TPSA) is 87.1 Å². The number of carbonyl (C=O) groups excluding carboxylic acids is 1. The van der Waals surface area contributed by atoms with Crippen LogP contribution in [0.15, 0.2) is 57.7 Å². The van der Waals surface area contributed by atoms with Crippen molar-refractivity contribution in [3.8, 4) is 0 Å². The summed E-state index contributed by atoms with van der Waals surface area (Å²) >= 11 is 0. The Hall–Kier alpha value is -3.02. The van der Waals surface area contributed by atoms with Crippen molar-refractivity contribution in [3.63, 3.8) is 0 Å². The van der Waals surface area contributed by atoms with Crippen molar-refractivity contribution >= 4 is 22.7 Å². The summed E-state index contributed by atoms with van der Waals surface area (Å²) in [6.07, 6.45) is 0. The molecule has 25 heavy (non-hydrogen) atoms. The maximum atomic E-state index is 12.3. The lowest BCUT2D eigenvalue weighted by atomic mass is 10.0. The second-order valence-corrected chi connectivity index (χ2v) is 6.15. The van der Waals surface area contributed by atoms with E-state index in [-0.39, 0.29) is 11.8 Å². The van der Waals surface area contributed by atoms with E-state index in [0.717, 1.165) is 5.69 Å². The molecule has 6 heteroatoms. The summed E-state index contributed by atoms with van der Waals surface area (Å²) in [6, 6.07) is 14.9. The van der Waals surface area contributed by atoms with E-state index >= 15 is 0 Å². The maximum absolute atomic E-state index is 12.3. The molecule has 6 nitrogen and oxygen atoms in total. The zero-order chi connectivity index (χ0) is 17.8. The van der Waals surface area contributed by atoms with Gasteiger partial charge in [0.25, 0.3) is 0 Å². The number of hydrogen-bond donors (Lipinski definition) is 3. The van der Waals surface area contributed by atoms with Gasteiger partial charge in [0.2, 0.25) is 5.91 Å². The van der Waals surface area contributed by atoms with Crippen LogP contribution in [0.5, 0.6) is 0 Å². The highest BCUT2D eigenvalue weighted by Crippen LogP contribution is 2.17. The molecular formula is C19H21N3O3. The van der Waals surface area contributed by atoms with Gasteiger partial charge >= 0.3 is 5.76 Å². The normalized spacial score (nSPS) is 13.4. The Kier molecular flexibility index (Phi) is 4.88. The van der Waals surface area contributed by atoms with Crippen LogP contribution in [-0.4, -0.2) is 23.5 Å². The van der Waals surface area contributed by atoms with Gasteiger partial charge in [-0.25, -0.2) is 4.79 Å². The molecule has 130 valence electrons. The average Bonchev–Trinajstić information content (AvgIpc) is 2.99. The minimum Gasteiger partial charge on any atom is -0.408 e. The second kappa shape index (κ2) is 7.25. The molecule has 2 atom stereocenters. The number of benzene rings is 2. The Labute approximate surface area is 145 Å². The van der Waals surface area contributed by atoms with Crippen molar-refractivity contribution < 1.29 is 9.21 Å². The summed E-state index contributed by atoms with van der Waals surface area (Å²) in [7, 11) is 0. The molecule has 3 aromatic rings. The van der Waals surface area contributed by atoms with Gasteiger partial charge in [-0.05, 0) is 36.6 Å². The highest BCUT2D eigenvalue weighted by Gasteiger charge is 2.14. The molecule has 1 heterocycles. The number of rotatable bonds is 6. The van der Waals surface area contributed by atoms with Gasteiger partial charge in [0.05, 0.1) is 5.52 Å². The predicted molar refractivity (Wildman–Crippen MR) is 97.8 cm³/mol. The Morgan fingerprint density at radius 1 is 1.16 bits per heavy atom. The molecule has 0 spiro atoms. The van der Waals surface area contributed by atoms with Crippen LogP contribution in [0, 0.1) is 0 Å². The smallest absolute Gasteiger partial charge is 0.408 e. The molecule has 0 bridgehead atoms. The van der Waals surface area contributed by atoms with Crippen molar-refractivity contribution in [2.24, 2.45) is 0 Å². The largest absolute Gasteiger partial charge is 0.417 e. The zero-order valence-electron chi connectivity index (χ0n) is 14.2. The first-order chi connectivity index (χ1) is 12.0. The van der Waals surface area contributed by atoms with Crippen LogP contribution in [0.25, 0.3) is 11.1 Å². The first kappa shape index (κ1) is 16.8. The third-order valence-electron chi connectivity index (χ3n) is 4.15. The first-order valence-corrected chi connectivity index (χ1v) is 8.25. The standard InChI is InChI=1S/C19H21N3O3/c1-12(14-6-4-3-5-7-14)11-20-18(23)13(2)21-15-8-9-17-16(10-15)22-19(24)25-17/h3-10,12-13,21H,11H2,1-2H3,(H,20,23)(H,22,24)/t12-,13-/m0/s1. The Bertz CT molecular complexity index is 914. The summed E-state index contributed by atoms with van der Waals surface area (Å²) in [5.41, 5.74) is 3.02. The Balaban J connectivity index is 1.57. The molecule has 3 rings (SSSR count). The SMILES string of the molecule is C[C@H](Nc1ccc2oc(=O)[nH]c2c1)C(=O)NC[C@H](C)c1ccccc1. The Morgan fingerprint density at radius 2 is 1.92 bits per heavy atom. The van der Waals surface area contributed by atoms with Gasteiger partial charge < -0.3 is 15.1 Å². The molecule has 0 aliphatic carbocycles. The van der Waals surface area contributed by atoms with Crippen LogP contribution in [0.2, 0.25) is 0 Å². The minimum atomic E-state index is -0.493. The third-order valence-corrected chi connectivity index (χ3v) is 4.15. The van der Waals surface area contributed by atoms with Crippen molar-refractivity contribution in [2.45, 2.75) is 25.8 Å². The average molecular weight is 339 g/mol. The Morgan fingerprint density at radius 3 is 2.68 bits per heavy atom. The van der Waals surface area contributed by atoms with Crippen molar-refractivity contribution in [3.05, 3.63) is 64.6 Å². The van der Waals surface area contributed by atoms with E-state index in [9.17, 15) is 9.59 Å². The lowest BCUT2D eigenvalue weighted by molar-refractivity contribution is -0.121. The van der Waals surface area contributed by atoms with E-state index < -0.39 is 11.8 Å². The number of amides is 1. The van der Waals surface area contributed by atoms with Gasteiger partial charge in [-0.2, -0.15) is 0 Å². The zero-order valence-corrected chi connectivity index (χ0v) is 14.2. The quantitative estimate of drug-likeness (QED) is 0.644. The van der Waals surface area contributed by atoms with Gasteiger partial charge in [0, 0.05) is 12.2 Å². The van der Waals surface area contributed by atoms with Crippen molar-refractivity contribution in [2.75, 3.05) is 11.9 Å². The van der Waals surface area contributed by atoms with Crippen LogP contribution in [0.4, 0.5) is 5.69 Å². The fraction of sp³-hybridized carbons (Fsp3) is 0.263. The van der Waals surface area contributed by atoms with E-state index in [2.05, 4.69) is 34.7 Å². The molecule has 3 N–H and O–H groups in total. The molecule has 0 saturated heterocycles. The van der Waals surface area contributed by atoms with E-state index in [1.807, 2.05) is 18.2 Å². The number of anilines is 1. The van der Waals surface area contributed by atoms with E-state index in [1.165, 1.54) is 5.56 Å². The number of aromatic amines is 1. The maximum Gasteiger partial charge on any atom is 0.417 e. The van der Waals surface area contributed by atoms with Crippen LogP contribution in [-0.2, 0) is 4.79 Å². The highest BCUT2D eigenvalue weighted by molar-refractivity contribution is 5.85. The molecule has 0 aliphatic heterocycles. The minimum absolute atomic E-state index is 0.0800. The fourth-order valence-electron chi connectivity index (χ4n) is 2.66. The van der Waals surface area contributed by atoms with Crippen LogP contribution in [0.3, 0.4) is 0 Å². The van der Waals surface area contributed by atoms with Gasteiger partial charge in [0.1, 0.15) is 6.04 Å². The first-order valence-electron chi connectivity index (χ1n) is 8.25. The van der Waals surface area contributed by atoms with Crippen LogP contribution in [0.1, 0.15) is 25.3 Å². The molecule has 1 aromatic heterocycles. The molecule has 2 aromatic carbocycles. The van der Waals surface area contributed by atoms with Crippen LogP contribution >= 0.6 is 0 Å². The second-order valence-electron chi connectivity index (χ2n) is 6.15. The van der Waals surface area contributed by atoms with E-state index in [1.54, 1.807) is 25.1 Å². The fourth-order valence-corrected chi connectivity index (χ4v) is 2.66. The number of aromatic nitrogens is 1. The monoisotopic (exact) mass is 339 g/mol. The molecule has 0 unspecified atom stereocenters. The molecule has 0 saturated carbocycles. The third kappa shape index (κ3) is 4.09. The van der Waals surface area contributed by atoms with Crippen LogP contribution < -0.4 is 16.4 Å². The summed E-state index contributed by atoms with van der Waals surface area (Å²) in [5.74, 6) is -0.332. The van der Waals surface area contributed by atoms with Crippen molar-refractivity contribution in [1.82, 2.24) is 10.3 Å². The number of hydrogen-bond acceptors (Lipinski definition) is 4. The highest BCUT2D eigenvalue weighted by atomic mass is 16.4. The predicted octanol–water partition coefficient (Wildman–Crippen LogP) is 2.84. The number of oxazole rings is 1. The lowest BCUT2D eigenvalue weighted by Gasteiger charge is -2.18. The van der Waals surface area contributed by atoms with Gasteiger partial charge in [-0.15, -0.1) is 0 Å². The van der Waals surface area contributed by atoms with Crippen molar-refractivity contribution in [1.29, 1.82) is 0 Å². The molecule has 0 radical (unpaired) electrons. The molecule has 0 fully saturated rings. The van der Waals surface area contributed by atoms with E-state index in [4.69, 9.17) is 4.42 Å². The van der Waals surface area contributed by atoms with Gasteiger partial charge in [-0.1, -0.05) is 37.3 Å². The molecule has 0 aliphatic rings. The summed E-state index contributed by atoms with van der Waals surface area (Å²) in [4.78, 5) is 26.1. The number of carbonyl (C=O) groups is 1.